The van der Waals surface area contributed by atoms with E-state index in [4.69, 9.17) is 18.9 Å². The standard InChI is InChI=1S/C39H42N2O9/c1-22(2)27(8)47-14-15-49-39(46)35-21-34(38(45)50-17-16-48-37(44)23(3)4)32(26(7)42)20-33(35)36(43)41-29-11-13-31(25(6)19-29)30-12-10-28(40-9)18-24(30)5/h10-13,18-21,40H,1,3,8,14-17H2,2,4-7,9H3,(H,41,43). The van der Waals surface area contributed by atoms with E-state index in [2.05, 4.69) is 30.4 Å². The van der Waals surface area contributed by atoms with E-state index in [9.17, 15) is 24.0 Å². The predicted octanol–water partition coefficient (Wildman–Crippen LogP) is 7.01. The fourth-order valence-electron chi connectivity index (χ4n) is 4.75. The number of allylic oxidation sites excluding steroid dienone is 1. The molecule has 0 radical (unpaired) electrons. The molecule has 0 atom stereocenters. The van der Waals surface area contributed by atoms with Gasteiger partial charge in [-0.25, -0.2) is 14.4 Å². The van der Waals surface area contributed by atoms with Crippen LogP contribution in [0.15, 0.2) is 85.2 Å². The van der Waals surface area contributed by atoms with Crippen molar-refractivity contribution in [3.8, 4) is 11.1 Å². The summed E-state index contributed by atoms with van der Waals surface area (Å²) in [5, 5.41) is 5.91. The molecule has 50 heavy (non-hydrogen) atoms. The molecular weight excluding hydrogens is 640 g/mol. The maximum Gasteiger partial charge on any atom is 0.339 e. The van der Waals surface area contributed by atoms with Crippen molar-refractivity contribution >= 4 is 41.0 Å². The Balaban J connectivity index is 1.95. The normalized spacial score (nSPS) is 10.4. The van der Waals surface area contributed by atoms with Gasteiger partial charge in [0.2, 0.25) is 0 Å². The first-order valence-electron chi connectivity index (χ1n) is 15.7. The summed E-state index contributed by atoms with van der Waals surface area (Å²) in [7, 11) is 1.85. The van der Waals surface area contributed by atoms with E-state index >= 15 is 0 Å². The zero-order valence-electron chi connectivity index (χ0n) is 29.2. The third-order valence-electron chi connectivity index (χ3n) is 7.48. The lowest BCUT2D eigenvalue weighted by Gasteiger charge is -2.16. The number of rotatable bonds is 16. The zero-order chi connectivity index (χ0) is 37.1. The third-order valence-corrected chi connectivity index (χ3v) is 7.48. The van der Waals surface area contributed by atoms with Crippen molar-refractivity contribution in [1.82, 2.24) is 0 Å². The highest BCUT2D eigenvalue weighted by Gasteiger charge is 2.27. The van der Waals surface area contributed by atoms with Gasteiger partial charge in [-0.05, 0) is 98.8 Å². The van der Waals surface area contributed by atoms with Crippen LogP contribution in [0.2, 0.25) is 0 Å². The maximum atomic E-state index is 13.8. The van der Waals surface area contributed by atoms with E-state index in [0.717, 1.165) is 40.1 Å². The van der Waals surface area contributed by atoms with Crippen molar-refractivity contribution in [2.24, 2.45) is 0 Å². The molecule has 0 heterocycles. The lowest BCUT2D eigenvalue weighted by Crippen LogP contribution is -2.22. The highest BCUT2D eigenvalue weighted by Crippen LogP contribution is 2.31. The van der Waals surface area contributed by atoms with Gasteiger partial charge in [0.1, 0.15) is 32.2 Å². The second kappa shape index (κ2) is 17.4. The molecule has 1 amide bonds. The highest BCUT2D eigenvalue weighted by atomic mass is 16.6. The van der Waals surface area contributed by atoms with E-state index in [1.807, 2.05) is 45.2 Å². The number of esters is 3. The van der Waals surface area contributed by atoms with E-state index in [1.54, 1.807) is 19.1 Å². The van der Waals surface area contributed by atoms with E-state index < -0.39 is 29.6 Å². The van der Waals surface area contributed by atoms with Crippen LogP contribution in [-0.4, -0.2) is 63.1 Å². The first kappa shape index (κ1) is 38.5. The maximum absolute atomic E-state index is 13.8. The summed E-state index contributed by atoms with van der Waals surface area (Å²) in [6.07, 6.45) is 0. The number of ether oxygens (including phenoxy) is 4. The molecule has 0 unspecified atom stereocenters. The Morgan fingerprint density at radius 3 is 1.58 bits per heavy atom. The number of benzene rings is 3. The molecule has 3 aromatic carbocycles. The summed E-state index contributed by atoms with van der Waals surface area (Å²) in [5.41, 5.74) is 5.20. The lowest BCUT2D eigenvalue weighted by atomic mass is 9.94. The molecule has 0 spiro atoms. The monoisotopic (exact) mass is 682 g/mol. The number of carbonyl (C=O) groups is 5. The zero-order valence-corrected chi connectivity index (χ0v) is 29.2. The lowest BCUT2D eigenvalue weighted by molar-refractivity contribution is -0.140. The molecule has 0 bridgehead atoms. The number of ketones is 1. The number of anilines is 2. The summed E-state index contributed by atoms with van der Waals surface area (Å²) in [5.74, 6) is -3.56. The van der Waals surface area contributed by atoms with E-state index in [1.165, 1.54) is 13.8 Å². The molecule has 2 N–H and O–H groups in total. The first-order chi connectivity index (χ1) is 23.6. The van der Waals surface area contributed by atoms with Crippen molar-refractivity contribution < 1.29 is 42.9 Å². The number of Topliss-reactive ketones (excluding diaryl/α,β-unsaturated/α-hetero) is 1. The number of hydrogen-bond acceptors (Lipinski definition) is 10. The van der Waals surface area contributed by atoms with Gasteiger partial charge in [-0.3, -0.25) is 9.59 Å². The Hall–Kier alpha value is -5.97. The SMILES string of the molecule is C=C(C)C(=C)OCCOC(=O)c1cc(C(=O)OCCOC(=O)C(=C)C)c(C(C)=O)cc1C(=O)Nc1ccc(-c2ccc(NC)cc2C)c(C)c1. The second-order valence-corrected chi connectivity index (χ2v) is 11.5. The number of hydrogen-bond donors (Lipinski definition) is 2. The minimum Gasteiger partial charge on any atom is -0.490 e. The molecule has 262 valence electrons. The van der Waals surface area contributed by atoms with Crippen LogP contribution in [0.25, 0.3) is 11.1 Å². The van der Waals surface area contributed by atoms with Crippen molar-refractivity contribution in [3.05, 3.63) is 119 Å². The molecule has 3 aromatic rings. The molecule has 0 aromatic heterocycles. The summed E-state index contributed by atoms with van der Waals surface area (Å²) in [4.78, 5) is 64.6. The van der Waals surface area contributed by atoms with Crippen LogP contribution in [0, 0.1) is 13.8 Å². The van der Waals surface area contributed by atoms with Gasteiger partial charge in [0.25, 0.3) is 5.91 Å². The van der Waals surface area contributed by atoms with Gasteiger partial charge in [-0.15, -0.1) is 0 Å². The fraction of sp³-hybridized carbons (Fsp3) is 0.256. The quantitative estimate of drug-likeness (QED) is 0.0308. The minimum absolute atomic E-state index is 0.0505. The van der Waals surface area contributed by atoms with Crippen molar-refractivity contribution in [1.29, 1.82) is 0 Å². The van der Waals surface area contributed by atoms with Crippen LogP contribution in [0.4, 0.5) is 11.4 Å². The van der Waals surface area contributed by atoms with Gasteiger partial charge in [-0.1, -0.05) is 31.9 Å². The molecule has 0 fully saturated rings. The average Bonchev–Trinajstić information content (AvgIpc) is 3.07. The molecule has 0 aliphatic carbocycles. The van der Waals surface area contributed by atoms with Gasteiger partial charge in [-0.2, -0.15) is 0 Å². The topological polar surface area (TPSA) is 146 Å². The van der Waals surface area contributed by atoms with Crippen LogP contribution in [0.5, 0.6) is 0 Å². The van der Waals surface area contributed by atoms with Crippen molar-refractivity contribution in [3.63, 3.8) is 0 Å². The molecule has 0 saturated heterocycles. The van der Waals surface area contributed by atoms with Crippen LogP contribution >= 0.6 is 0 Å². The molecule has 3 rings (SSSR count). The van der Waals surface area contributed by atoms with Crippen LogP contribution in [-0.2, 0) is 23.7 Å². The summed E-state index contributed by atoms with van der Waals surface area (Å²) in [6, 6.07) is 13.7. The fourth-order valence-corrected chi connectivity index (χ4v) is 4.75. The number of aryl methyl sites for hydroxylation is 2. The molecular formula is C39H42N2O9. The third kappa shape index (κ3) is 10.0. The van der Waals surface area contributed by atoms with Gasteiger partial charge in [0.05, 0.1) is 16.7 Å². The van der Waals surface area contributed by atoms with E-state index in [-0.39, 0.29) is 54.3 Å². The Morgan fingerprint density at radius 1 is 0.600 bits per heavy atom. The predicted molar refractivity (Wildman–Crippen MR) is 192 cm³/mol. The Morgan fingerprint density at radius 2 is 1.08 bits per heavy atom. The average molecular weight is 683 g/mol. The molecule has 11 heteroatoms. The van der Waals surface area contributed by atoms with Crippen molar-refractivity contribution in [2.45, 2.75) is 34.6 Å². The van der Waals surface area contributed by atoms with Gasteiger partial charge in [0.15, 0.2) is 5.78 Å². The molecule has 0 aliphatic rings. The number of carbonyl (C=O) groups excluding carboxylic acids is 5. The smallest absolute Gasteiger partial charge is 0.339 e. The first-order valence-corrected chi connectivity index (χ1v) is 15.7. The Bertz CT molecular complexity index is 1870. The molecule has 11 nitrogen and oxygen atoms in total. The Kier molecular flexibility index (Phi) is 13.4. The van der Waals surface area contributed by atoms with Crippen molar-refractivity contribution in [2.75, 3.05) is 44.1 Å². The minimum atomic E-state index is -0.979. The number of nitrogens with one attached hydrogen (secondary N) is 2. The van der Waals surface area contributed by atoms with Gasteiger partial charge >= 0.3 is 17.9 Å². The molecule has 0 aliphatic heterocycles. The van der Waals surface area contributed by atoms with Crippen LogP contribution in [0.3, 0.4) is 0 Å². The summed E-state index contributed by atoms with van der Waals surface area (Å²) >= 11 is 0. The van der Waals surface area contributed by atoms with Gasteiger partial charge in [0, 0.05) is 29.6 Å². The highest BCUT2D eigenvalue weighted by molar-refractivity contribution is 6.15. The largest absolute Gasteiger partial charge is 0.490 e. The van der Waals surface area contributed by atoms with Gasteiger partial charge < -0.3 is 29.6 Å². The summed E-state index contributed by atoms with van der Waals surface area (Å²) in [6.45, 7) is 18.4. The molecule has 0 saturated carbocycles. The Labute approximate surface area is 292 Å². The van der Waals surface area contributed by atoms with E-state index in [0.29, 0.717) is 17.0 Å². The summed E-state index contributed by atoms with van der Waals surface area (Å²) < 4.78 is 20.9. The van der Waals surface area contributed by atoms with Crippen LogP contribution in [0.1, 0.15) is 73.3 Å². The van der Waals surface area contributed by atoms with Crippen LogP contribution < -0.4 is 10.6 Å². The second-order valence-electron chi connectivity index (χ2n) is 11.5. The number of amides is 1.